The van der Waals surface area contributed by atoms with Crippen molar-refractivity contribution in [3.05, 3.63) is 20.8 Å². The number of likely N-dealkylation sites (tertiary alicyclic amines) is 1. The zero-order valence-electron chi connectivity index (χ0n) is 10.9. The van der Waals surface area contributed by atoms with Crippen molar-refractivity contribution in [3.63, 3.8) is 0 Å². The lowest BCUT2D eigenvalue weighted by Gasteiger charge is -2.32. The predicted molar refractivity (Wildman–Crippen MR) is 81.5 cm³/mol. The van der Waals surface area contributed by atoms with E-state index < -0.39 is 0 Å². The van der Waals surface area contributed by atoms with E-state index in [0.717, 1.165) is 32.4 Å². The molecule has 19 heavy (non-hydrogen) atoms. The number of hydrogen-bond donors (Lipinski definition) is 1. The lowest BCUT2D eigenvalue weighted by atomic mass is 10.0. The van der Waals surface area contributed by atoms with E-state index in [4.69, 9.17) is 0 Å². The third-order valence-electron chi connectivity index (χ3n) is 3.80. The van der Waals surface area contributed by atoms with Crippen molar-refractivity contribution >= 4 is 33.2 Å². The van der Waals surface area contributed by atoms with E-state index in [0.29, 0.717) is 11.9 Å². The molecule has 2 heterocycles. The van der Waals surface area contributed by atoms with E-state index in [1.165, 1.54) is 21.5 Å². The maximum Gasteiger partial charge on any atom is 0.239 e. The fraction of sp³-hybridized carbons (Fsp3) is 0.643. The van der Waals surface area contributed by atoms with Gasteiger partial charge in [0.2, 0.25) is 5.91 Å². The second kappa shape index (κ2) is 5.94. The first kappa shape index (κ1) is 13.6. The normalized spacial score (nSPS) is 23.9. The largest absolute Gasteiger partial charge is 0.341 e. The van der Waals surface area contributed by atoms with Crippen molar-refractivity contribution in [1.29, 1.82) is 0 Å². The number of nitrogens with one attached hydrogen (secondary N) is 1. The highest BCUT2D eigenvalue weighted by atomic mass is 79.9. The molecular formula is C14H19BrN2OS. The molecule has 3 rings (SSSR count). The molecule has 1 amide bonds. The van der Waals surface area contributed by atoms with Crippen molar-refractivity contribution in [3.8, 4) is 0 Å². The minimum absolute atomic E-state index is 0.0799. The second-order valence-electron chi connectivity index (χ2n) is 5.42. The number of piperidine rings is 1. The molecule has 104 valence electrons. The number of halogens is 1. The van der Waals surface area contributed by atoms with Gasteiger partial charge >= 0.3 is 0 Å². The molecule has 2 fully saturated rings. The van der Waals surface area contributed by atoms with Gasteiger partial charge in [0.05, 0.1) is 9.83 Å². The number of hydrogen-bond acceptors (Lipinski definition) is 3. The number of carbonyl (C=O) groups excluding carboxylic acids is 1. The molecule has 1 atom stereocenters. The van der Waals surface area contributed by atoms with Crippen LogP contribution in [0.5, 0.6) is 0 Å². The van der Waals surface area contributed by atoms with Crippen molar-refractivity contribution in [2.75, 3.05) is 13.1 Å². The molecular weight excluding hydrogens is 324 g/mol. The highest BCUT2D eigenvalue weighted by Crippen LogP contribution is 2.24. The minimum atomic E-state index is 0.0799. The van der Waals surface area contributed by atoms with E-state index in [-0.39, 0.29) is 6.04 Å². The average Bonchev–Trinajstić information content (AvgIpc) is 3.12. The fourth-order valence-electron chi connectivity index (χ4n) is 2.58. The summed E-state index contributed by atoms with van der Waals surface area (Å²) in [5.74, 6) is 0.314. The van der Waals surface area contributed by atoms with Gasteiger partial charge in [-0.2, -0.15) is 0 Å². The first-order chi connectivity index (χ1) is 9.22. The van der Waals surface area contributed by atoms with Crippen LogP contribution in [0.2, 0.25) is 0 Å². The SMILES string of the molecule is O=C1C(NC2CC2)CCCN1CCc1ccc(Br)s1. The van der Waals surface area contributed by atoms with Crippen LogP contribution in [0.15, 0.2) is 15.9 Å². The summed E-state index contributed by atoms with van der Waals surface area (Å²) in [6.45, 7) is 1.78. The number of thiophene rings is 1. The molecule has 3 nitrogen and oxygen atoms in total. The van der Waals surface area contributed by atoms with Gasteiger partial charge in [0, 0.05) is 24.0 Å². The Morgan fingerprint density at radius 2 is 2.21 bits per heavy atom. The van der Waals surface area contributed by atoms with Crippen LogP contribution in [0.4, 0.5) is 0 Å². The summed E-state index contributed by atoms with van der Waals surface area (Å²) < 4.78 is 1.17. The molecule has 1 aliphatic carbocycles. The molecule has 5 heteroatoms. The maximum atomic E-state index is 12.4. The van der Waals surface area contributed by atoms with Gasteiger partial charge in [-0.1, -0.05) is 0 Å². The van der Waals surface area contributed by atoms with Crippen LogP contribution < -0.4 is 5.32 Å². The van der Waals surface area contributed by atoms with Crippen LogP contribution in [0, 0.1) is 0 Å². The van der Waals surface area contributed by atoms with Crippen molar-refractivity contribution < 1.29 is 4.79 Å². The average molecular weight is 343 g/mol. The summed E-state index contributed by atoms with van der Waals surface area (Å²) in [7, 11) is 0. The summed E-state index contributed by atoms with van der Waals surface area (Å²) in [6.07, 6.45) is 5.60. The molecule has 2 aliphatic rings. The molecule has 0 aromatic carbocycles. The lowest BCUT2D eigenvalue weighted by Crippen LogP contribution is -2.51. The quantitative estimate of drug-likeness (QED) is 0.892. The molecule has 1 unspecified atom stereocenters. The van der Waals surface area contributed by atoms with Gasteiger partial charge in [0.1, 0.15) is 0 Å². The highest BCUT2D eigenvalue weighted by Gasteiger charge is 2.33. The maximum absolute atomic E-state index is 12.4. The molecule has 1 saturated carbocycles. The Labute approximate surface area is 126 Å². The zero-order valence-corrected chi connectivity index (χ0v) is 13.3. The molecule has 1 N–H and O–H groups in total. The molecule has 1 aliphatic heterocycles. The number of amides is 1. The smallest absolute Gasteiger partial charge is 0.239 e. The highest BCUT2D eigenvalue weighted by molar-refractivity contribution is 9.11. The summed E-state index contributed by atoms with van der Waals surface area (Å²) in [5.41, 5.74) is 0. The topological polar surface area (TPSA) is 32.3 Å². The number of rotatable bonds is 5. The molecule has 0 spiro atoms. The molecule has 1 saturated heterocycles. The van der Waals surface area contributed by atoms with E-state index in [1.807, 2.05) is 4.90 Å². The van der Waals surface area contributed by atoms with E-state index in [1.54, 1.807) is 11.3 Å². The third-order valence-corrected chi connectivity index (χ3v) is 5.49. The second-order valence-corrected chi connectivity index (χ2v) is 7.96. The van der Waals surface area contributed by atoms with E-state index in [9.17, 15) is 4.79 Å². The first-order valence-corrected chi connectivity index (χ1v) is 8.62. The van der Waals surface area contributed by atoms with Gasteiger partial charge in [-0.3, -0.25) is 4.79 Å². The van der Waals surface area contributed by atoms with Crippen LogP contribution >= 0.6 is 27.3 Å². The van der Waals surface area contributed by atoms with Crippen LogP contribution in [0.25, 0.3) is 0 Å². The molecule has 1 aromatic heterocycles. The number of carbonyl (C=O) groups is 1. The molecule has 0 bridgehead atoms. The molecule has 1 aromatic rings. The number of nitrogens with zero attached hydrogens (tertiary/aromatic N) is 1. The van der Waals surface area contributed by atoms with Gasteiger partial charge in [-0.05, 0) is 60.2 Å². The Balaban J connectivity index is 1.52. The van der Waals surface area contributed by atoms with Gasteiger partial charge < -0.3 is 10.2 Å². The summed E-state index contributed by atoms with van der Waals surface area (Å²) in [5, 5.41) is 3.48. The van der Waals surface area contributed by atoms with Gasteiger partial charge in [0.25, 0.3) is 0 Å². The Kier molecular flexibility index (Phi) is 4.24. The van der Waals surface area contributed by atoms with Crippen LogP contribution in [-0.4, -0.2) is 36.0 Å². The van der Waals surface area contributed by atoms with Crippen LogP contribution in [0.3, 0.4) is 0 Å². The van der Waals surface area contributed by atoms with Crippen LogP contribution in [-0.2, 0) is 11.2 Å². The Morgan fingerprint density at radius 1 is 1.37 bits per heavy atom. The van der Waals surface area contributed by atoms with Crippen LogP contribution in [0.1, 0.15) is 30.6 Å². The first-order valence-electron chi connectivity index (χ1n) is 7.01. The van der Waals surface area contributed by atoms with Gasteiger partial charge in [-0.25, -0.2) is 0 Å². The zero-order chi connectivity index (χ0) is 13.2. The fourth-order valence-corrected chi connectivity index (χ4v) is 4.05. The Hall–Kier alpha value is -0.390. The predicted octanol–water partition coefficient (Wildman–Crippen LogP) is 2.80. The van der Waals surface area contributed by atoms with E-state index >= 15 is 0 Å². The standard InChI is InChI=1S/C14H19BrN2OS/c15-13-6-5-11(19-13)7-9-17-8-1-2-12(14(17)18)16-10-3-4-10/h5-6,10,12,16H,1-4,7-9H2. The van der Waals surface area contributed by atoms with Gasteiger partial charge in [0.15, 0.2) is 0 Å². The van der Waals surface area contributed by atoms with Gasteiger partial charge in [-0.15, -0.1) is 11.3 Å². The Morgan fingerprint density at radius 3 is 2.89 bits per heavy atom. The Bertz CT molecular complexity index is 458. The van der Waals surface area contributed by atoms with Crippen molar-refractivity contribution in [1.82, 2.24) is 10.2 Å². The van der Waals surface area contributed by atoms with Crippen molar-refractivity contribution in [2.45, 2.75) is 44.2 Å². The summed E-state index contributed by atoms with van der Waals surface area (Å²) in [4.78, 5) is 15.8. The van der Waals surface area contributed by atoms with E-state index in [2.05, 4.69) is 33.4 Å². The third kappa shape index (κ3) is 3.58. The lowest BCUT2D eigenvalue weighted by molar-refractivity contribution is -0.136. The minimum Gasteiger partial charge on any atom is -0.341 e. The summed E-state index contributed by atoms with van der Waals surface area (Å²) >= 11 is 5.24. The van der Waals surface area contributed by atoms with Crippen molar-refractivity contribution in [2.24, 2.45) is 0 Å². The monoisotopic (exact) mass is 342 g/mol. The summed E-state index contributed by atoms with van der Waals surface area (Å²) in [6, 6.07) is 4.91. The molecule has 0 radical (unpaired) electrons.